The van der Waals surface area contributed by atoms with Crippen LogP contribution in [0.15, 0.2) is 64.6 Å². The Morgan fingerprint density at radius 1 is 1.12 bits per heavy atom. The number of carbonyl (C=O) groups is 1. The second-order valence-corrected chi connectivity index (χ2v) is 10.4. The number of amides is 1. The Balaban J connectivity index is 1.74. The maximum Gasteiger partial charge on any atom is 0.238 e. The quantitative estimate of drug-likeness (QED) is 0.369. The Kier molecular flexibility index (Phi) is 8.25. The molecule has 3 rings (SSSR count). The third-order valence-electron chi connectivity index (χ3n) is 5.14. The van der Waals surface area contributed by atoms with Crippen molar-refractivity contribution in [2.24, 2.45) is 5.14 Å². The number of benzene rings is 2. The van der Waals surface area contributed by atoms with E-state index in [1.807, 2.05) is 18.2 Å². The lowest BCUT2D eigenvalue weighted by atomic mass is 10.2. The van der Waals surface area contributed by atoms with Crippen LogP contribution in [0.4, 0.5) is 5.69 Å². The molecule has 33 heavy (non-hydrogen) atoms. The molecule has 1 atom stereocenters. The minimum absolute atomic E-state index is 0.00934. The Morgan fingerprint density at radius 2 is 1.79 bits per heavy atom. The molecule has 0 saturated heterocycles. The number of rotatable bonds is 10. The van der Waals surface area contributed by atoms with E-state index in [0.29, 0.717) is 17.4 Å². The van der Waals surface area contributed by atoms with Crippen LogP contribution in [0.2, 0.25) is 0 Å². The summed E-state index contributed by atoms with van der Waals surface area (Å²) in [7, 11) is 0.414. The Morgan fingerprint density at radius 3 is 2.36 bits per heavy atom. The summed E-state index contributed by atoms with van der Waals surface area (Å²) in [5.41, 5.74) is 1.62. The summed E-state index contributed by atoms with van der Waals surface area (Å²) in [6.07, 6.45) is 0.912. The van der Waals surface area contributed by atoms with Gasteiger partial charge in [-0.1, -0.05) is 49.0 Å². The van der Waals surface area contributed by atoms with Crippen LogP contribution in [0.5, 0.6) is 0 Å². The molecule has 2 aromatic carbocycles. The Bertz CT molecular complexity index is 1180. The first kappa shape index (κ1) is 24.9. The van der Waals surface area contributed by atoms with Crippen LogP contribution in [0.25, 0.3) is 0 Å². The topological polar surface area (TPSA) is 124 Å². The number of thioether (sulfide) groups is 1. The number of carbonyl (C=O) groups excluding carboxylic acids is 1. The van der Waals surface area contributed by atoms with Gasteiger partial charge < -0.3 is 10.2 Å². The van der Waals surface area contributed by atoms with Crippen LogP contribution in [-0.2, 0) is 21.4 Å². The average Bonchev–Trinajstić information content (AvgIpc) is 3.15. The molecule has 3 aromatic rings. The molecule has 9 nitrogen and oxygen atoms in total. The number of hydrogen-bond donors (Lipinski definition) is 3. The molecule has 0 spiro atoms. The van der Waals surface area contributed by atoms with Crippen molar-refractivity contribution >= 4 is 33.4 Å². The zero-order valence-electron chi connectivity index (χ0n) is 18.9. The normalized spacial score (nSPS) is 12.6. The SMILES string of the molecule is CC[C@@H](c1nnc(SCC(=O)Nc2ccc(S(N)(=O)=O)cc2)n1Cc1ccccc1)[NH+](C)C. The number of primary sulfonamides is 1. The van der Waals surface area contributed by atoms with Crippen molar-refractivity contribution in [3.8, 4) is 0 Å². The first-order valence-electron chi connectivity index (χ1n) is 10.5. The number of quaternary nitrogens is 1. The number of anilines is 1. The highest BCUT2D eigenvalue weighted by Gasteiger charge is 2.25. The van der Waals surface area contributed by atoms with Crippen molar-refractivity contribution in [1.29, 1.82) is 0 Å². The molecule has 0 radical (unpaired) electrons. The van der Waals surface area contributed by atoms with Crippen LogP contribution in [0.3, 0.4) is 0 Å². The smallest absolute Gasteiger partial charge is 0.238 e. The molecular weight excluding hydrogens is 460 g/mol. The van der Waals surface area contributed by atoms with E-state index in [-0.39, 0.29) is 22.6 Å². The molecule has 4 N–H and O–H groups in total. The van der Waals surface area contributed by atoms with Crippen molar-refractivity contribution in [1.82, 2.24) is 14.8 Å². The van der Waals surface area contributed by atoms with Gasteiger partial charge in [0.2, 0.25) is 15.9 Å². The summed E-state index contributed by atoms with van der Waals surface area (Å²) in [4.78, 5) is 13.8. The molecule has 0 fully saturated rings. The van der Waals surface area contributed by atoms with Gasteiger partial charge in [-0.2, -0.15) is 0 Å². The first-order valence-corrected chi connectivity index (χ1v) is 13.0. The van der Waals surface area contributed by atoms with Crippen molar-refractivity contribution in [2.45, 2.75) is 36.0 Å². The number of nitrogens with one attached hydrogen (secondary N) is 2. The molecular formula is C22H29N6O3S2+. The van der Waals surface area contributed by atoms with Gasteiger partial charge in [-0.15, -0.1) is 10.2 Å². The van der Waals surface area contributed by atoms with Gasteiger partial charge in [-0.25, -0.2) is 13.6 Å². The minimum atomic E-state index is -3.77. The van der Waals surface area contributed by atoms with Gasteiger partial charge in [0.15, 0.2) is 11.0 Å². The van der Waals surface area contributed by atoms with Gasteiger partial charge >= 0.3 is 0 Å². The average molecular weight is 490 g/mol. The van der Waals surface area contributed by atoms with E-state index in [9.17, 15) is 13.2 Å². The van der Waals surface area contributed by atoms with E-state index in [2.05, 4.69) is 53.2 Å². The van der Waals surface area contributed by atoms with Crippen molar-refractivity contribution in [3.05, 3.63) is 66.0 Å². The molecule has 0 saturated carbocycles. The standard InChI is InChI=1S/C22H28N6O3S2/c1-4-19(27(2)3)21-25-26-22(28(21)14-16-8-6-5-7-9-16)32-15-20(29)24-17-10-12-18(13-11-17)33(23,30)31/h5-13,19H,4,14-15H2,1-3H3,(H,24,29)(H2,23,30,31)/p+1/t19-/m0/s1. The number of aromatic nitrogens is 3. The molecule has 176 valence electrons. The predicted molar refractivity (Wildman–Crippen MR) is 129 cm³/mol. The van der Waals surface area contributed by atoms with Crippen LogP contribution < -0.4 is 15.4 Å². The molecule has 1 heterocycles. The summed E-state index contributed by atoms with van der Waals surface area (Å²) < 4.78 is 24.8. The fraction of sp³-hybridized carbons (Fsp3) is 0.318. The van der Waals surface area contributed by atoms with Crippen LogP contribution >= 0.6 is 11.8 Å². The van der Waals surface area contributed by atoms with Crippen LogP contribution in [0, 0.1) is 0 Å². The lowest BCUT2D eigenvalue weighted by Crippen LogP contribution is -3.06. The maximum atomic E-state index is 12.5. The summed E-state index contributed by atoms with van der Waals surface area (Å²) in [6.45, 7) is 2.74. The molecule has 0 aliphatic carbocycles. The van der Waals surface area contributed by atoms with Gasteiger partial charge in [0.25, 0.3) is 0 Å². The van der Waals surface area contributed by atoms with Gasteiger partial charge in [-0.3, -0.25) is 9.36 Å². The third kappa shape index (κ3) is 6.64. The molecule has 0 bridgehead atoms. The lowest BCUT2D eigenvalue weighted by molar-refractivity contribution is -0.893. The minimum Gasteiger partial charge on any atom is -0.331 e. The monoisotopic (exact) mass is 489 g/mol. The Hall–Kier alpha value is -2.73. The van der Waals surface area contributed by atoms with E-state index >= 15 is 0 Å². The Labute approximate surface area is 198 Å². The molecule has 1 aromatic heterocycles. The van der Waals surface area contributed by atoms with Gasteiger partial charge in [0.1, 0.15) is 6.04 Å². The van der Waals surface area contributed by atoms with E-state index in [4.69, 9.17) is 5.14 Å². The summed E-state index contributed by atoms with van der Waals surface area (Å²) in [6, 6.07) is 16.0. The first-order chi connectivity index (χ1) is 15.7. The third-order valence-corrected chi connectivity index (χ3v) is 7.04. The lowest BCUT2D eigenvalue weighted by Gasteiger charge is -2.20. The second-order valence-electron chi connectivity index (χ2n) is 7.86. The van der Waals surface area contributed by atoms with Gasteiger partial charge in [0, 0.05) is 12.1 Å². The molecule has 0 aliphatic rings. The van der Waals surface area contributed by atoms with Crippen molar-refractivity contribution in [2.75, 3.05) is 25.2 Å². The maximum absolute atomic E-state index is 12.5. The predicted octanol–water partition coefficient (Wildman–Crippen LogP) is 1.30. The fourth-order valence-electron chi connectivity index (χ4n) is 3.48. The molecule has 1 amide bonds. The number of nitrogens with two attached hydrogens (primary N) is 1. The number of nitrogens with zero attached hydrogens (tertiary/aromatic N) is 3. The highest BCUT2D eigenvalue weighted by Crippen LogP contribution is 2.23. The second kappa shape index (κ2) is 10.9. The molecule has 11 heteroatoms. The summed E-state index contributed by atoms with van der Waals surface area (Å²) >= 11 is 1.31. The zero-order valence-corrected chi connectivity index (χ0v) is 20.5. The van der Waals surface area contributed by atoms with E-state index < -0.39 is 10.0 Å². The zero-order chi connectivity index (χ0) is 24.0. The summed E-state index contributed by atoms with van der Waals surface area (Å²) in [5.74, 6) is 0.794. The van der Waals surface area contributed by atoms with Crippen LogP contribution in [-0.4, -0.2) is 48.9 Å². The number of sulfonamides is 1. The van der Waals surface area contributed by atoms with E-state index in [0.717, 1.165) is 17.8 Å². The highest BCUT2D eigenvalue weighted by atomic mass is 32.2. The largest absolute Gasteiger partial charge is 0.331 e. The molecule has 0 unspecified atom stereocenters. The van der Waals surface area contributed by atoms with E-state index in [1.54, 1.807) is 0 Å². The summed E-state index contributed by atoms with van der Waals surface area (Å²) in [5, 5.41) is 17.4. The van der Waals surface area contributed by atoms with Crippen LogP contribution in [0.1, 0.15) is 30.8 Å². The van der Waals surface area contributed by atoms with Crippen molar-refractivity contribution in [3.63, 3.8) is 0 Å². The fourth-order valence-corrected chi connectivity index (χ4v) is 4.74. The van der Waals surface area contributed by atoms with E-state index in [1.165, 1.54) is 40.9 Å². The molecule has 0 aliphatic heterocycles. The highest BCUT2D eigenvalue weighted by molar-refractivity contribution is 7.99. The van der Waals surface area contributed by atoms with Gasteiger partial charge in [-0.05, 0) is 29.8 Å². The van der Waals surface area contributed by atoms with Crippen molar-refractivity contribution < 1.29 is 18.1 Å². The van der Waals surface area contributed by atoms with Gasteiger partial charge in [0.05, 0.1) is 31.3 Å². The number of hydrogen-bond acceptors (Lipinski definition) is 6.